The maximum absolute atomic E-state index is 12.9. The Balaban J connectivity index is 2.47. The summed E-state index contributed by atoms with van der Waals surface area (Å²) in [5.41, 5.74) is 0.848. The van der Waals surface area contributed by atoms with Crippen LogP contribution in [0.15, 0.2) is 41.3 Å². The lowest BCUT2D eigenvalue weighted by atomic mass is 10.1. The predicted molar refractivity (Wildman–Crippen MR) is 107 cm³/mol. The molecule has 0 saturated heterocycles. The van der Waals surface area contributed by atoms with Crippen molar-refractivity contribution in [1.82, 2.24) is 5.32 Å². The fraction of sp³-hybridized carbons (Fsp3) is 0.316. The van der Waals surface area contributed by atoms with E-state index >= 15 is 0 Å². The molecule has 0 saturated carbocycles. The third kappa shape index (κ3) is 4.66. The molecule has 2 rings (SSSR count). The van der Waals surface area contributed by atoms with E-state index in [1.54, 1.807) is 26.0 Å². The first kappa shape index (κ1) is 21.4. The van der Waals surface area contributed by atoms with Crippen LogP contribution in [-0.4, -0.2) is 25.3 Å². The molecule has 0 bridgehead atoms. The highest BCUT2D eigenvalue weighted by atomic mass is 32.2. The third-order valence-corrected chi connectivity index (χ3v) is 6.00. The first-order chi connectivity index (χ1) is 13.1. The van der Waals surface area contributed by atoms with Gasteiger partial charge in [-0.25, -0.2) is 8.42 Å². The number of nitro benzene ring substituents is 1. The molecule has 0 heterocycles. The fourth-order valence-corrected chi connectivity index (χ4v) is 3.98. The van der Waals surface area contributed by atoms with Crippen LogP contribution in [0, 0.1) is 24.0 Å². The molecule has 9 heteroatoms. The highest BCUT2D eigenvalue weighted by Crippen LogP contribution is 2.28. The molecular formula is C19H23N3O5S. The zero-order valence-electron chi connectivity index (χ0n) is 16.1. The lowest BCUT2D eigenvalue weighted by molar-refractivity contribution is -0.385. The van der Waals surface area contributed by atoms with Gasteiger partial charge in [-0.05, 0) is 50.5 Å². The van der Waals surface area contributed by atoms with Gasteiger partial charge in [0.15, 0.2) is 0 Å². The van der Waals surface area contributed by atoms with E-state index in [1.165, 1.54) is 18.2 Å². The molecular weight excluding hydrogens is 382 g/mol. The Kier molecular flexibility index (Phi) is 6.40. The van der Waals surface area contributed by atoms with Crippen LogP contribution in [0.2, 0.25) is 0 Å². The van der Waals surface area contributed by atoms with Gasteiger partial charge < -0.3 is 5.32 Å². The molecule has 1 amide bonds. The summed E-state index contributed by atoms with van der Waals surface area (Å²) in [5.74, 6) is -0.403. The Hall–Kier alpha value is -2.94. The van der Waals surface area contributed by atoms with Crippen molar-refractivity contribution in [2.24, 2.45) is 0 Å². The number of carbonyl (C=O) groups excluding carboxylic acids is 1. The zero-order chi connectivity index (χ0) is 21.1. The third-order valence-electron chi connectivity index (χ3n) is 4.51. The van der Waals surface area contributed by atoms with Crippen LogP contribution in [0.4, 0.5) is 11.4 Å². The highest BCUT2D eigenvalue weighted by molar-refractivity contribution is 7.92. The van der Waals surface area contributed by atoms with Crippen molar-refractivity contribution in [2.45, 2.75) is 45.1 Å². The molecule has 0 aliphatic heterocycles. The Labute approximate surface area is 164 Å². The quantitative estimate of drug-likeness (QED) is 0.539. The van der Waals surface area contributed by atoms with Crippen LogP contribution in [-0.2, 0) is 10.0 Å². The molecule has 0 aliphatic rings. The SMILES string of the molecule is CCC(C)NC(=O)c1ccccc1NS(=O)(=O)c1cc([N+](=O)[O-])cc(C)c1C. The first-order valence-electron chi connectivity index (χ1n) is 8.75. The lowest BCUT2D eigenvalue weighted by Crippen LogP contribution is -2.32. The summed E-state index contributed by atoms with van der Waals surface area (Å²) in [4.78, 5) is 22.8. The molecule has 0 aromatic heterocycles. The summed E-state index contributed by atoms with van der Waals surface area (Å²) in [6.07, 6.45) is 0.728. The Morgan fingerprint density at radius 3 is 2.46 bits per heavy atom. The molecule has 150 valence electrons. The number of nitro groups is 1. The second-order valence-electron chi connectivity index (χ2n) is 6.58. The Morgan fingerprint density at radius 2 is 1.86 bits per heavy atom. The number of non-ortho nitro benzene ring substituents is 1. The van der Waals surface area contributed by atoms with Crippen LogP contribution in [0.3, 0.4) is 0 Å². The number of rotatable bonds is 7. The van der Waals surface area contributed by atoms with E-state index in [0.717, 1.165) is 12.5 Å². The first-order valence-corrected chi connectivity index (χ1v) is 10.2. The van der Waals surface area contributed by atoms with Gasteiger partial charge in [0.2, 0.25) is 0 Å². The van der Waals surface area contributed by atoms with Crippen LogP contribution in [0.25, 0.3) is 0 Å². The summed E-state index contributed by atoms with van der Waals surface area (Å²) in [6, 6.07) is 8.49. The van der Waals surface area contributed by atoms with Crippen LogP contribution < -0.4 is 10.0 Å². The van der Waals surface area contributed by atoms with E-state index < -0.39 is 20.9 Å². The topological polar surface area (TPSA) is 118 Å². The van der Waals surface area contributed by atoms with Crippen molar-refractivity contribution in [3.8, 4) is 0 Å². The largest absolute Gasteiger partial charge is 0.350 e. The molecule has 2 N–H and O–H groups in total. The summed E-state index contributed by atoms with van der Waals surface area (Å²) in [6.45, 7) is 6.96. The van der Waals surface area contributed by atoms with Crippen LogP contribution in [0.5, 0.6) is 0 Å². The molecule has 0 fully saturated rings. The van der Waals surface area contributed by atoms with E-state index in [4.69, 9.17) is 0 Å². The number of nitrogens with zero attached hydrogens (tertiary/aromatic N) is 1. The number of benzene rings is 2. The predicted octanol–water partition coefficient (Wildman–Crippen LogP) is 3.54. The molecule has 0 radical (unpaired) electrons. The number of para-hydroxylation sites is 1. The minimum atomic E-state index is -4.15. The molecule has 0 aliphatic carbocycles. The normalized spacial score (nSPS) is 12.3. The van der Waals surface area contributed by atoms with Gasteiger partial charge in [0.05, 0.1) is 21.1 Å². The van der Waals surface area contributed by atoms with Gasteiger partial charge in [-0.2, -0.15) is 0 Å². The number of hydrogen-bond acceptors (Lipinski definition) is 5. The van der Waals surface area contributed by atoms with Crippen molar-refractivity contribution in [2.75, 3.05) is 4.72 Å². The molecule has 28 heavy (non-hydrogen) atoms. The van der Waals surface area contributed by atoms with Gasteiger partial charge in [-0.3, -0.25) is 19.6 Å². The van der Waals surface area contributed by atoms with Crippen molar-refractivity contribution >= 4 is 27.3 Å². The van der Waals surface area contributed by atoms with E-state index in [0.29, 0.717) is 11.1 Å². The second-order valence-corrected chi connectivity index (χ2v) is 8.23. The van der Waals surface area contributed by atoms with E-state index in [2.05, 4.69) is 10.0 Å². The van der Waals surface area contributed by atoms with Crippen molar-refractivity contribution in [1.29, 1.82) is 0 Å². The fourth-order valence-electron chi connectivity index (χ4n) is 2.57. The summed E-state index contributed by atoms with van der Waals surface area (Å²) in [7, 11) is -4.15. The average molecular weight is 405 g/mol. The van der Waals surface area contributed by atoms with Crippen molar-refractivity contribution in [3.63, 3.8) is 0 Å². The average Bonchev–Trinajstić information content (AvgIpc) is 2.63. The standard InChI is InChI=1S/C19H23N3O5S/c1-5-13(3)20-19(23)16-8-6-7-9-17(16)21-28(26,27)18-11-15(22(24)25)10-12(2)14(18)4/h6-11,13,21H,5H2,1-4H3,(H,20,23). The van der Waals surface area contributed by atoms with Crippen molar-refractivity contribution < 1.29 is 18.1 Å². The molecule has 1 atom stereocenters. The molecule has 8 nitrogen and oxygen atoms in total. The van der Waals surface area contributed by atoms with E-state index in [-0.39, 0.29) is 27.9 Å². The molecule has 1 unspecified atom stereocenters. The number of carbonyl (C=O) groups is 1. The highest BCUT2D eigenvalue weighted by Gasteiger charge is 2.24. The number of sulfonamides is 1. The van der Waals surface area contributed by atoms with Gasteiger partial charge in [0, 0.05) is 18.2 Å². The van der Waals surface area contributed by atoms with Crippen LogP contribution in [0.1, 0.15) is 41.8 Å². The lowest BCUT2D eigenvalue weighted by Gasteiger charge is -2.16. The molecule has 0 spiro atoms. The Bertz CT molecular complexity index is 1020. The van der Waals surface area contributed by atoms with E-state index in [1.807, 2.05) is 13.8 Å². The maximum atomic E-state index is 12.9. The summed E-state index contributed by atoms with van der Waals surface area (Å²) < 4.78 is 28.3. The van der Waals surface area contributed by atoms with Gasteiger partial charge >= 0.3 is 0 Å². The van der Waals surface area contributed by atoms with Crippen molar-refractivity contribution in [3.05, 3.63) is 63.2 Å². The van der Waals surface area contributed by atoms with Gasteiger partial charge in [-0.1, -0.05) is 19.1 Å². The Morgan fingerprint density at radius 1 is 1.21 bits per heavy atom. The number of hydrogen-bond donors (Lipinski definition) is 2. The summed E-state index contributed by atoms with van der Waals surface area (Å²) in [5, 5.41) is 13.9. The monoisotopic (exact) mass is 405 g/mol. The summed E-state index contributed by atoms with van der Waals surface area (Å²) >= 11 is 0. The number of nitrogens with one attached hydrogen (secondary N) is 2. The number of aryl methyl sites for hydroxylation is 1. The number of anilines is 1. The zero-order valence-corrected chi connectivity index (χ0v) is 17.0. The number of amides is 1. The van der Waals surface area contributed by atoms with Crippen LogP contribution >= 0.6 is 0 Å². The smallest absolute Gasteiger partial charge is 0.271 e. The molecule has 2 aromatic rings. The molecule has 2 aromatic carbocycles. The van der Waals surface area contributed by atoms with Gasteiger partial charge in [0.1, 0.15) is 0 Å². The minimum Gasteiger partial charge on any atom is -0.350 e. The van der Waals surface area contributed by atoms with Gasteiger partial charge in [-0.15, -0.1) is 0 Å². The van der Waals surface area contributed by atoms with E-state index in [9.17, 15) is 23.3 Å². The van der Waals surface area contributed by atoms with Gasteiger partial charge in [0.25, 0.3) is 21.6 Å². The minimum absolute atomic E-state index is 0.0705. The second kappa shape index (κ2) is 8.39. The maximum Gasteiger partial charge on any atom is 0.271 e.